The van der Waals surface area contributed by atoms with Crippen molar-refractivity contribution in [3.8, 4) is 0 Å². The van der Waals surface area contributed by atoms with E-state index in [1.165, 1.54) is 12.1 Å². The lowest BCUT2D eigenvalue weighted by atomic mass is 10.0. The van der Waals surface area contributed by atoms with Gasteiger partial charge in [-0.1, -0.05) is 29.8 Å². The lowest BCUT2D eigenvalue weighted by Crippen LogP contribution is -2.23. The van der Waals surface area contributed by atoms with Crippen LogP contribution in [0, 0.1) is 19.7 Å². The molecule has 0 bridgehead atoms. The molecule has 1 N–H and O–H groups in total. The van der Waals surface area contributed by atoms with E-state index in [1.807, 2.05) is 32.0 Å². The number of rotatable bonds is 3. The number of halogens is 1. The van der Waals surface area contributed by atoms with Gasteiger partial charge in [-0.15, -0.1) is 0 Å². The molecular formula is C16H16FNO. The Morgan fingerprint density at radius 3 is 2.68 bits per heavy atom. The van der Waals surface area contributed by atoms with E-state index in [-0.39, 0.29) is 11.7 Å². The van der Waals surface area contributed by atoms with Gasteiger partial charge in [0.1, 0.15) is 5.82 Å². The quantitative estimate of drug-likeness (QED) is 0.897. The van der Waals surface area contributed by atoms with Crippen molar-refractivity contribution < 1.29 is 9.18 Å². The number of aryl methyl sites for hydroxylation is 2. The highest BCUT2D eigenvalue weighted by molar-refractivity contribution is 5.95. The predicted octanol–water partition coefficient (Wildman–Crippen LogP) is 3.37. The van der Waals surface area contributed by atoms with E-state index in [2.05, 4.69) is 5.32 Å². The van der Waals surface area contributed by atoms with Gasteiger partial charge in [0.25, 0.3) is 5.91 Å². The van der Waals surface area contributed by atoms with Gasteiger partial charge in [-0.05, 0) is 43.2 Å². The van der Waals surface area contributed by atoms with Gasteiger partial charge in [-0.3, -0.25) is 4.79 Å². The third kappa shape index (κ3) is 3.41. The highest BCUT2D eigenvalue weighted by atomic mass is 19.1. The molecule has 19 heavy (non-hydrogen) atoms. The van der Waals surface area contributed by atoms with Crippen molar-refractivity contribution in [1.82, 2.24) is 5.32 Å². The fraction of sp³-hybridized carbons (Fsp3) is 0.188. The summed E-state index contributed by atoms with van der Waals surface area (Å²) in [4.78, 5) is 12.1. The van der Waals surface area contributed by atoms with Crippen LogP contribution < -0.4 is 5.32 Å². The first kappa shape index (κ1) is 13.3. The fourth-order valence-corrected chi connectivity index (χ4v) is 1.90. The first-order valence-electron chi connectivity index (χ1n) is 6.16. The van der Waals surface area contributed by atoms with Crippen molar-refractivity contribution >= 4 is 5.91 Å². The van der Waals surface area contributed by atoms with Crippen molar-refractivity contribution in [3.05, 3.63) is 70.5 Å². The molecule has 98 valence electrons. The van der Waals surface area contributed by atoms with E-state index < -0.39 is 0 Å². The van der Waals surface area contributed by atoms with E-state index in [0.717, 1.165) is 16.7 Å². The van der Waals surface area contributed by atoms with E-state index in [1.54, 1.807) is 12.1 Å². The topological polar surface area (TPSA) is 29.1 Å². The molecule has 0 unspecified atom stereocenters. The Bertz CT molecular complexity index is 607. The number of carbonyl (C=O) groups excluding carboxylic acids is 1. The molecule has 2 rings (SSSR count). The summed E-state index contributed by atoms with van der Waals surface area (Å²) in [5, 5.41) is 2.80. The Morgan fingerprint density at radius 1 is 1.16 bits per heavy atom. The van der Waals surface area contributed by atoms with Crippen molar-refractivity contribution in [2.45, 2.75) is 20.4 Å². The second kappa shape index (κ2) is 5.65. The molecular weight excluding hydrogens is 241 g/mol. The van der Waals surface area contributed by atoms with Crippen molar-refractivity contribution in [3.63, 3.8) is 0 Å². The average Bonchev–Trinajstić information content (AvgIpc) is 2.39. The zero-order valence-electron chi connectivity index (χ0n) is 11.0. The van der Waals surface area contributed by atoms with Crippen LogP contribution in [0.2, 0.25) is 0 Å². The number of hydrogen-bond acceptors (Lipinski definition) is 1. The van der Waals surface area contributed by atoms with E-state index in [9.17, 15) is 9.18 Å². The minimum absolute atomic E-state index is 0.134. The molecule has 0 radical (unpaired) electrons. The molecule has 2 aromatic rings. The molecule has 0 aliphatic heterocycles. The zero-order chi connectivity index (χ0) is 13.8. The standard InChI is InChI=1S/C16H16FNO/c1-11-6-7-12(2)15(8-11)16(19)18-10-13-4-3-5-14(17)9-13/h3-9H,10H2,1-2H3,(H,18,19). The average molecular weight is 257 g/mol. The maximum Gasteiger partial charge on any atom is 0.251 e. The van der Waals surface area contributed by atoms with Crippen molar-refractivity contribution in [1.29, 1.82) is 0 Å². The number of nitrogens with one attached hydrogen (secondary N) is 1. The largest absolute Gasteiger partial charge is 0.348 e. The second-order valence-corrected chi connectivity index (χ2v) is 4.63. The zero-order valence-corrected chi connectivity index (χ0v) is 11.0. The molecule has 0 aliphatic carbocycles. The number of amides is 1. The molecule has 0 saturated heterocycles. The molecule has 0 spiro atoms. The molecule has 0 heterocycles. The molecule has 3 heteroatoms. The summed E-state index contributed by atoms with van der Waals surface area (Å²) in [7, 11) is 0. The number of benzene rings is 2. The summed E-state index contributed by atoms with van der Waals surface area (Å²) < 4.78 is 13.0. The normalized spacial score (nSPS) is 10.3. The molecule has 2 aromatic carbocycles. The second-order valence-electron chi connectivity index (χ2n) is 4.63. The summed E-state index contributed by atoms with van der Waals surface area (Å²) in [6.07, 6.45) is 0. The van der Waals surface area contributed by atoms with Gasteiger partial charge in [0.05, 0.1) is 0 Å². The lowest BCUT2D eigenvalue weighted by Gasteiger charge is -2.08. The maximum atomic E-state index is 13.0. The monoisotopic (exact) mass is 257 g/mol. The van der Waals surface area contributed by atoms with E-state index in [0.29, 0.717) is 12.1 Å². The van der Waals surface area contributed by atoms with Gasteiger partial charge in [0.15, 0.2) is 0 Å². The first-order valence-corrected chi connectivity index (χ1v) is 6.16. The smallest absolute Gasteiger partial charge is 0.251 e. The summed E-state index contributed by atoms with van der Waals surface area (Å²) >= 11 is 0. The van der Waals surface area contributed by atoms with Gasteiger partial charge in [-0.2, -0.15) is 0 Å². The van der Waals surface area contributed by atoms with Gasteiger partial charge in [-0.25, -0.2) is 4.39 Å². The molecule has 0 atom stereocenters. The summed E-state index contributed by atoms with van der Waals surface area (Å²) in [6, 6.07) is 12.0. The van der Waals surface area contributed by atoms with Crippen molar-refractivity contribution in [2.24, 2.45) is 0 Å². The Balaban J connectivity index is 2.07. The highest BCUT2D eigenvalue weighted by Gasteiger charge is 2.08. The van der Waals surface area contributed by atoms with Crippen LogP contribution in [0.5, 0.6) is 0 Å². The Labute approximate surface area is 112 Å². The predicted molar refractivity (Wildman–Crippen MR) is 73.5 cm³/mol. The van der Waals surface area contributed by atoms with Crippen LogP contribution in [-0.2, 0) is 6.54 Å². The highest BCUT2D eigenvalue weighted by Crippen LogP contribution is 2.11. The molecule has 0 aromatic heterocycles. The van der Waals surface area contributed by atoms with Crippen LogP contribution in [0.4, 0.5) is 4.39 Å². The van der Waals surface area contributed by atoms with Crippen LogP contribution in [-0.4, -0.2) is 5.91 Å². The van der Waals surface area contributed by atoms with Crippen LogP contribution in [0.15, 0.2) is 42.5 Å². The van der Waals surface area contributed by atoms with E-state index in [4.69, 9.17) is 0 Å². The summed E-state index contributed by atoms with van der Waals surface area (Å²) in [6.45, 7) is 4.17. The summed E-state index contributed by atoms with van der Waals surface area (Å²) in [5.41, 5.74) is 3.39. The number of carbonyl (C=O) groups is 1. The summed E-state index contributed by atoms with van der Waals surface area (Å²) in [5.74, 6) is -0.427. The van der Waals surface area contributed by atoms with E-state index >= 15 is 0 Å². The SMILES string of the molecule is Cc1ccc(C)c(C(=O)NCc2cccc(F)c2)c1. The Morgan fingerprint density at radius 2 is 1.95 bits per heavy atom. The molecule has 0 saturated carbocycles. The minimum Gasteiger partial charge on any atom is -0.348 e. The van der Waals surface area contributed by atoms with Gasteiger partial charge >= 0.3 is 0 Å². The third-order valence-corrected chi connectivity index (χ3v) is 2.98. The first-order chi connectivity index (χ1) is 9.06. The molecule has 1 amide bonds. The van der Waals surface area contributed by atoms with Crippen LogP contribution in [0.25, 0.3) is 0 Å². The molecule has 0 fully saturated rings. The molecule has 0 aliphatic rings. The van der Waals surface area contributed by atoms with Gasteiger partial charge < -0.3 is 5.32 Å². The van der Waals surface area contributed by atoms with Crippen LogP contribution in [0.3, 0.4) is 0 Å². The third-order valence-electron chi connectivity index (χ3n) is 2.98. The van der Waals surface area contributed by atoms with Crippen molar-refractivity contribution in [2.75, 3.05) is 0 Å². The molecule has 2 nitrogen and oxygen atoms in total. The number of hydrogen-bond donors (Lipinski definition) is 1. The maximum absolute atomic E-state index is 13.0. The van der Waals surface area contributed by atoms with Gasteiger partial charge in [0, 0.05) is 12.1 Å². The minimum atomic E-state index is -0.293. The van der Waals surface area contributed by atoms with Crippen LogP contribution in [0.1, 0.15) is 27.0 Å². The fourth-order valence-electron chi connectivity index (χ4n) is 1.90. The van der Waals surface area contributed by atoms with Gasteiger partial charge in [0.2, 0.25) is 0 Å². The lowest BCUT2D eigenvalue weighted by molar-refractivity contribution is 0.0950. The van der Waals surface area contributed by atoms with Crippen LogP contribution >= 0.6 is 0 Å². The Hall–Kier alpha value is -2.16. The Kier molecular flexibility index (Phi) is 3.95.